The maximum absolute atomic E-state index is 12.1. The van der Waals surface area contributed by atoms with Gasteiger partial charge in [-0.2, -0.15) is 0 Å². The van der Waals surface area contributed by atoms with Crippen molar-refractivity contribution in [3.8, 4) is 0 Å². The molecule has 28 heavy (non-hydrogen) atoms. The van der Waals surface area contributed by atoms with Gasteiger partial charge in [0.1, 0.15) is 5.60 Å². The van der Waals surface area contributed by atoms with Crippen LogP contribution in [-0.4, -0.2) is 53.0 Å². The number of carboxylic acid groups (broad SMARTS) is 1. The second-order valence-corrected chi connectivity index (χ2v) is 8.55. The van der Waals surface area contributed by atoms with E-state index in [1.165, 1.54) is 0 Å². The lowest BCUT2D eigenvalue weighted by Crippen LogP contribution is -2.46. The number of carbonyl (C=O) groups is 2. The van der Waals surface area contributed by atoms with Gasteiger partial charge in [0, 0.05) is 31.0 Å². The van der Waals surface area contributed by atoms with E-state index in [-0.39, 0.29) is 18.8 Å². The van der Waals surface area contributed by atoms with Crippen molar-refractivity contribution in [2.24, 2.45) is 0 Å². The predicted molar refractivity (Wildman–Crippen MR) is 109 cm³/mol. The molecule has 0 amide bonds. The first-order chi connectivity index (χ1) is 13.0. The number of rotatable bonds is 7. The Morgan fingerprint density at radius 2 is 1.89 bits per heavy atom. The summed E-state index contributed by atoms with van der Waals surface area (Å²) in [6.07, 6.45) is 1.10. The van der Waals surface area contributed by atoms with Gasteiger partial charge in [0.25, 0.3) is 0 Å². The molecule has 2 rings (SSSR count). The molecule has 0 aromatic heterocycles. The summed E-state index contributed by atoms with van der Waals surface area (Å²) in [6.45, 7) is 9.17. The van der Waals surface area contributed by atoms with Crippen molar-refractivity contribution < 1.29 is 24.5 Å². The summed E-state index contributed by atoms with van der Waals surface area (Å²) in [7, 11) is 0. The Morgan fingerprint density at radius 3 is 2.43 bits per heavy atom. The molecule has 3 N–H and O–H groups in total. The van der Waals surface area contributed by atoms with Crippen molar-refractivity contribution >= 4 is 23.3 Å². The van der Waals surface area contributed by atoms with Crippen LogP contribution in [0.1, 0.15) is 52.0 Å². The standard InChI is InChI=1S/C21H32N2O5/c1-15-13-16(22-10-7-18(24)25)5-6-17(15)23-11-8-21(27,9-12-23)14-19(26)28-20(2,3)4/h5-6,13,22,27H,7-12,14H2,1-4H3,(H,24,25). The SMILES string of the molecule is Cc1cc(NCCC(=O)O)ccc1N1CCC(O)(CC(=O)OC(C)(C)C)CC1. The van der Waals surface area contributed by atoms with Crippen molar-refractivity contribution in [2.75, 3.05) is 29.9 Å². The number of nitrogens with zero attached hydrogens (tertiary/aromatic N) is 1. The molecule has 1 saturated heterocycles. The molecule has 0 spiro atoms. The Kier molecular flexibility index (Phi) is 6.93. The summed E-state index contributed by atoms with van der Waals surface area (Å²) < 4.78 is 5.34. The van der Waals surface area contributed by atoms with Gasteiger partial charge in [-0.1, -0.05) is 0 Å². The van der Waals surface area contributed by atoms with E-state index in [0.29, 0.717) is 32.5 Å². The zero-order valence-electron chi connectivity index (χ0n) is 17.2. The van der Waals surface area contributed by atoms with Gasteiger partial charge in [-0.15, -0.1) is 0 Å². The Hall–Kier alpha value is -2.28. The number of aliphatic hydroxyl groups is 1. The number of nitrogens with one attached hydrogen (secondary N) is 1. The van der Waals surface area contributed by atoms with Crippen molar-refractivity contribution in [1.29, 1.82) is 0 Å². The van der Waals surface area contributed by atoms with Crippen molar-refractivity contribution in [1.82, 2.24) is 0 Å². The molecule has 1 fully saturated rings. The van der Waals surface area contributed by atoms with Gasteiger partial charge in [-0.05, 0) is 64.3 Å². The molecule has 0 aliphatic carbocycles. The van der Waals surface area contributed by atoms with E-state index in [1.54, 1.807) is 0 Å². The Bertz CT molecular complexity index is 703. The number of aliphatic carboxylic acids is 1. The normalized spacial score (nSPS) is 16.5. The van der Waals surface area contributed by atoms with Crippen LogP contribution in [0.5, 0.6) is 0 Å². The van der Waals surface area contributed by atoms with Crippen molar-refractivity contribution in [2.45, 2.75) is 64.6 Å². The van der Waals surface area contributed by atoms with Crippen LogP contribution in [0, 0.1) is 6.92 Å². The minimum Gasteiger partial charge on any atom is -0.481 e. The zero-order chi connectivity index (χ0) is 20.9. The number of benzene rings is 1. The number of esters is 1. The molecule has 1 heterocycles. The molecule has 7 heteroatoms. The molecular weight excluding hydrogens is 360 g/mol. The average Bonchev–Trinajstić information content (AvgIpc) is 2.53. The number of piperidine rings is 1. The molecule has 1 aromatic rings. The van der Waals surface area contributed by atoms with E-state index in [1.807, 2.05) is 45.9 Å². The highest BCUT2D eigenvalue weighted by atomic mass is 16.6. The fourth-order valence-corrected chi connectivity index (χ4v) is 3.42. The summed E-state index contributed by atoms with van der Waals surface area (Å²) in [4.78, 5) is 24.9. The molecule has 0 atom stereocenters. The number of ether oxygens (including phenoxy) is 1. The zero-order valence-corrected chi connectivity index (χ0v) is 17.2. The van der Waals surface area contributed by atoms with Gasteiger partial charge in [0.2, 0.25) is 0 Å². The summed E-state index contributed by atoms with van der Waals surface area (Å²) in [5.74, 6) is -1.19. The molecule has 156 valence electrons. The molecule has 1 aromatic carbocycles. The van der Waals surface area contributed by atoms with Gasteiger partial charge < -0.3 is 25.2 Å². The van der Waals surface area contributed by atoms with Gasteiger partial charge >= 0.3 is 11.9 Å². The summed E-state index contributed by atoms with van der Waals surface area (Å²) in [6, 6.07) is 5.95. The number of carbonyl (C=O) groups excluding carboxylic acids is 1. The van der Waals surface area contributed by atoms with E-state index in [4.69, 9.17) is 9.84 Å². The number of hydrogen-bond donors (Lipinski definition) is 3. The number of anilines is 2. The predicted octanol–water partition coefficient (Wildman–Crippen LogP) is 2.94. The highest BCUT2D eigenvalue weighted by molar-refractivity contribution is 5.71. The third-order valence-corrected chi connectivity index (χ3v) is 4.79. The van der Waals surface area contributed by atoms with E-state index in [2.05, 4.69) is 10.2 Å². The minimum atomic E-state index is -1.02. The minimum absolute atomic E-state index is 0.0174. The van der Waals surface area contributed by atoms with Crippen LogP contribution in [-0.2, 0) is 14.3 Å². The third-order valence-electron chi connectivity index (χ3n) is 4.79. The fraction of sp³-hybridized carbons (Fsp3) is 0.619. The van der Waals surface area contributed by atoms with Crippen molar-refractivity contribution in [3.63, 3.8) is 0 Å². The van der Waals surface area contributed by atoms with Crippen LogP contribution in [0.4, 0.5) is 11.4 Å². The second-order valence-electron chi connectivity index (χ2n) is 8.55. The van der Waals surface area contributed by atoms with Gasteiger partial charge in [0.15, 0.2) is 0 Å². The summed E-state index contributed by atoms with van der Waals surface area (Å²) in [5, 5.41) is 22.6. The first-order valence-electron chi connectivity index (χ1n) is 9.73. The largest absolute Gasteiger partial charge is 0.481 e. The second kappa shape index (κ2) is 8.82. The molecule has 0 bridgehead atoms. The Morgan fingerprint density at radius 1 is 1.25 bits per heavy atom. The molecule has 0 saturated carbocycles. The molecule has 0 unspecified atom stereocenters. The molecule has 0 radical (unpaired) electrons. The van der Waals surface area contributed by atoms with E-state index < -0.39 is 17.2 Å². The van der Waals surface area contributed by atoms with Gasteiger partial charge in [0.05, 0.1) is 18.4 Å². The van der Waals surface area contributed by atoms with E-state index >= 15 is 0 Å². The van der Waals surface area contributed by atoms with Crippen LogP contribution in [0.2, 0.25) is 0 Å². The van der Waals surface area contributed by atoms with E-state index in [9.17, 15) is 14.7 Å². The topological polar surface area (TPSA) is 99.1 Å². The summed E-state index contributed by atoms with van der Waals surface area (Å²) >= 11 is 0. The van der Waals surface area contributed by atoms with Crippen LogP contribution < -0.4 is 10.2 Å². The Balaban J connectivity index is 1.91. The maximum atomic E-state index is 12.1. The van der Waals surface area contributed by atoms with E-state index in [0.717, 1.165) is 16.9 Å². The quantitative estimate of drug-likeness (QED) is 0.614. The number of aryl methyl sites for hydroxylation is 1. The monoisotopic (exact) mass is 392 g/mol. The lowest BCUT2D eigenvalue weighted by Gasteiger charge is -2.39. The highest BCUT2D eigenvalue weighted by Crippen LogP contribution is 2.32. The fourth-order valence-electron chi connectivity index (χ4n) is 3.42. The van der Waals surface area contributed by atoms with Crippen LogP contribution in [0.15, 0.2) is 18.2 Å². The lowest BCUT2D eigenvalue weighted by molar-refractivity contribution is -0.161. The molecule has 1 aliphatic rings. The van der Waals surface area contributed by atoms with Crippen LogP contribution >= 0.6 is 0 Å². The number of hydrogen-bond acceptors (Lipinski definition) is 6. The van der Waals surface area contributed by atoms with Crippen LogP contribution in [0.25, 0.3) is 0 Å². The van der Waals surface area contributed by atoms with Gasteiger partial charge in [-0.3, -0.25) is 9.59 Å². The molecule has 1 aliphatic heterocycles. The van der Waals surface area contributed by atoms with Crippen LogP contribution in [0.3, 0.4) is 0 Å². The summed E-state index contributed by atoms with van der Waals surface area (Å²) in [5.41, 5.74) is 1.48. The van der Waals surface area contributed by atoms with Gasteiger partial charge in [-0.25, -0.2) is 0 Å². The first-order valence-corrected chi connectivity index (χ1v) is 9.73. The smallest absolute Gasteiger partial charge is 0.309 e. The molecular formula is C21H32N2O5. The lowest BCUT2D eigenvalue weighted by atomic mass is 9.87. The number of carboxylic acids is 1. The van der Waals surface area contributed by atoms with Crippen molar-refractivity contribution in [3.05, 3.63) is 23.8 Å². The average molecular weight is 392 g/mol. The highest BCUT2D eigenvalue weighted by Gasteiger charge is 2.36. The third kappa shape index (κ3) is 6.71. The Labute approximate surface area is 166 Å². The molecule has 7 nitrogen and oxygen atoms in total. The first kappa shape index (κ1) is 22.0. The maximum Gasteiger partial charge on any atom is 0.309 e.